The lowest BCUT2D eigenvalue weighted by molar-refractivity contribution is 0.0951. The quantitative estimate of drug-likeness (QED) is 0.744. The maximum absolute atomic E-state index is 12.5. The number of nitrogens with one attached hydrogen (secondary N) is 3. The standard InChI is InChI=1S/C19H21ClN4O2/c1-24(2)17-9-8-15(11-16(17)18(25)21-13-6-7-13)23-19(26)22-14-5-3-4-12(20)10-14/h3-5,8-11,13H,6-7H2,1-2H3,(H,21,25)(H2,22,23,26). The molecule has 0 radical (unpaired) electrons. The van der Waals surface area contributed by atoms with Crippen LogP contribution >= 0.6 is 11.6 Å². The van der Waals surface area contributed by atoms with Gasteiger partial charge in [0, 0.05) is 42.2 Å². The van der Waals surface area contributed by atoms with Crippen molar-refractivity contribution < 1.29 is 9.59 Å². The van der Waals surface area contributed by atoms with Gasteiger partial charge in [0.25, 0.3) is 5.91 Å². The van der Waals surface area contributed by atoms with Gasteiger partial charge in [-0.1, -0.05) is 17.7 Å². The van der Waals surface area contributed by atoms with Crippen LogP contribution in [-0.2, 0) is 0 Å². The molecule has 0 saturated heterocycles. The summed E-state index contributed by atoms with van der Waals surface area (Å²) in [6, 6.07) is 12.0. The van der Waals surface area contributed by atoms with E-state index in [1.165, 1.54) is 0 Å². The Morgan fingerprint density at radius 3 is 2.35 bits per heavy atom. The highest BCUT2D eigenvalue weighted by Crippen LogP contribution is 2.25. The van der Waals surface area contributed by atoms with Gasteiger partial charge in [-0.05, 0) is 49.2 Å². The fraction of sp³-hybridized carbons (Fsp3) is 0.263. The summed E-state index contributed by atoms with van der Waals surface area (Å²) in [5.74, 6) is -0.130. The van der Waals surface area contributed by atoms with Gasteiger partial charge >= 0.3 is 6.03 Å². The smallest absolute Gasteiger partial charge is 0.323 e. The van der Waals surface area contributed by atoms with Gasteiger partial charge in [0.05, 0.1) is 5.56 Å². The fourth-order valence-corrected chi connectivity index (χ4v) is 2.73. The van der Waals surface area contributed by atoms with Gasteiger partial charge in [-0.2, -0.15) is 0 Å². The number of anilines is 3. The number of urea groups is 1. The molecule has 3 N–H and O–H groups in total. The number of carbonyl (C=O) groups excluding carboxylic acids is 2. The highest BCUT2D eigenvalue weighted by Gasteiger charge is 2.25. The maximum Gasteiger partial charge on any atom is 0.323 e. The Morgan fingerprint density at radius 1 is 1.04 bits per heavy atom. The molecular formula is C19H21ClN4O2. The topological polar surface area (TPSA) is 73.5 Å². The second-order valence-corrected chi connectivity index (χ2v) is 6.90. The average Bonchev–Trinajstić information content (AvgIpc) is 3.38. The number of nitrogens with zero attached hydrogens (tertiary/aromatic N) is 1. The molecule has 3 rings (SSSR count). The van der Waals surface area contributed by atoms with Gasteiger partial charge in [-0.25, -0.2) is 4.79 Å². The number of amides is 3. The minimum Gasteiger partial charge on any atom is -0.377 e. The van der Waals surface area contributed by atoms with Crippen LogP contribution < -0.4 is 20.9 Å². The van der Waals surface area contributed by atoms with Crippen molar-refractivity contribution in [3.8, 4) is 0 Å². The lowest BCUT2D eigenvalue weighted by Gasteiger charge is -2.18. The Bertz CT molecular complexity index is 834. The Labute approximate surface area is 157 Å². The van der Waals surface area contributed by atoms with Crippen molar-refractivity contribution >= 4 is 40.6 Å². The monoisotopic (exact) mass is 372 g/mol. The van der Waals surface area contributed by atoms with E-state index in [4.69, 9.17) is 11.6 Å². The van der Waals surface area contributed by atoms with E-state index in [2.05, 4.69) is 16.0 Å². The van der Waals surface area contributed by atoms with Crippen LogP contribution in [0.3, 0.4) is 0 Å². The molecule has 3 amide bonds. The Hall–Kier alpha value is -2.73. The van der Waals surface area contributed by atoms with E-state index in [0.717, 1.165) is 18.5 Å². The second kappa shape index (κ2) is 7.66. The maximum atomic E-state index is 12.5. The van der Waals surface area contributed by atoms with Crippen LogP contribution in [0.2, 0.25) is 5.02 Å². The zero-order valence-electron chi connectivity index (χ0n) is 14.7. The summed E-state index contributed by atoms with van der Waals surface area (Å²) in [5.41, 5.74) is 2.45. The van der Waals surface area contributed by atoms with Crippen molar-refractivity contribution in [2.24, 2.45) is 0 Å². The molecule has 0 spiro atoms. The molecule has 1 saturated carbocycles. The largest absolute Gasteiger partial charge is 0.377 e. The molecule has 26 heavy (non-hydrogen) atoms. The lowest BCUT2D eigenvalue weighted by atomic mass is 10.1. The van der Waals surface area contributed by atoms with Crippen molar-refractivity contribution in [1.29, 1.82) is 0 Å². The third kappa shape index (κ3) is 4.67. The molecule has 0 heterocycles. The molecule has 6 nitrogen and oxygen atoms in total. The molecule has 7 heteroatoms. The molecule has 0 unspecified atom stereocenters. The summed E-state index contributed by atoms with van der Waals surface area (Å²) < 4.78 is 0. The number of hydrogen-bond acceptors (Lipinski definition) is 3. The van der Waals surface area contributed by atoms with Crippen LogP contribution in [0.1, 0.15) is 23.2 Å². The van der Waals surface area contributed by atoms with E-state index in [1.807, 2.05) is 25.1 Å². The minimum atomic E-state index is -0.404. The Balaban J connectivity index is 1.74. The van der Waals surface area contributed by atoms with Gasteiger partial charge in [0.1, 0.15) is 0 Å². The fourth-order valence-electron chi connectivity index (χ4n) is 2.54. The van der Waals surface area contributed by atoms with Gasteiger partial charge in [-0.3, -0.25) is 4.79 Å². The zero-order chi connectivity index (χ0) is 18.7. The summed E-state index contributed by atoms with van der Waals surface area (Å²) in [5, 5.41) is 8.99. The average molecular weight is 373 g/mol. The molecule has 0 aromatic heterocycles. The van der Waals surface area contributed by atoms with Gasteiger partial charge in [0.15, 0.2) is 0 Å². The molecule has 0 atom stereocenters. The number of benzene rings is 2. The number of rotatable bonds is 5. The van der Waals surface area contributed by atoms with Crippen LogP contribution in [0, 0.1) is 0 Å². The molecule has 1 fully saturated rings. The van der Waals surface area contributed by atoms with Gasteiger partial charge < -0.3 is 20.9 Å². The highest BCUT2D eigenvalue weighted by atomic mass is 35.5. The first-order chi connectivity index (χ1) is 12.4. The van der Waals surface area contributed by atoms with E-state index >= 15 is 0 Å². The summed E-state index contributed by atoms with van der Waals surface area (Å²) in [7, 11) is 3.75. The van der Waals surface area contributed by atoms with E-state index in [9.17, 15) is 9.59 Å². The summed E-state index contributed by atoms with van der Waals surface area (Å²) in [6.45, 7) is 0. The molecule has 2 aromatic rings. The summed E-state index contributed by atoms with van der Waals surface area (Å²) in [6.07, 6.45) is 2.03. The first-order valence-corrected chi connectivity index (χ1v) is 8.76. The van der Waals surface area contributed by atoms with Crippen LogP contribution in [0.25, 0.3) is 0 Å². The number of hydrogen-bond donors (Lipinski definition) is 3. The van der Waals surface area contributed by atoms with Crippen molar-refractivity contribution in [1.82, 2.24) is 5.32 Å². The SMILES string of the molecule is CN(C)c1ccc(NC(=O)Nc2cccc(Cl)c2)cc1C(=O)NC1CC1. The molecular weight excluding hydrogens is 352 g/mol. The molecule has 136 valence electrons. The Morgan fingerprint density at radius 2 is 1.73 bits per heavy atom. The number of carbonyl (C=O) groups is 2. The zero-order valence-corrected chi connectivity index (χ0v) is 15.4. The summed E-state index contributed by atoms with van der Waals surface area (Å²) >= 11 is 5.92. The second-order valence-electron chi connectivity index (χ2n) is 6.46. The van der Waals surface area contributed by atoms with E-state index < -0.39 is 6.03 Å². The van der Waals surface area contributed by atoms with Crippen molar-refractivity contribution in [2.75, 3.05) is 29.6 Å². The first kappa shape index (κ1) is 18.1. The predicted octanol–water partition coefficient (Wildman–Crippen LogP) is 3.94. The predicted molar refractivity (Wildman–Crippen MR) is 105 cm³/mol. The van der Waals surface area contributed by atoms with Crippen LogP contribution in [0.5, 0.6) is 0 Å². The van der Waals surface area contributed by atoms with Crippen LogP contribution in [0.15, 0.2) is 42.5 Å². The molecule has 1 aliphatic rings. The molecule has 1 aliphatic carbocycles. The van der Waals surface area contributed by atoms with Crippen LogP contribution in [-0.4, -0.2) is 32.1 Å². The van der Waals surface area contributed by atoms with E-state index in [-0.39, 0.29) is 11.9 Å². The highest BCUT2D eigenvalue weighted by molar-refractivity contribution is 6.30. The summed E-state index contributed by atoms with van der Waals surface area (Å²) in [4.78, 5) is 26.6. The van der Waals surface area contributed by atoms with Gasteiger partial charge in [-0.15, -0.1) is 0 Å². The minimum absolute atomic E-state index is 0.130. The first-order valence-electron chi connectivity index (χ1n) is 8.38. The van der Waals surface area contributed by atoms with Crippen molar-refractivity contribution in [2.45, 2.75) is 18.9 Å². The molecule has 0 aliphatic heterocycles. The third-order valence-electron chi connectivity index (χ3n) is 3.98. The Kier molecular flexibility index (Phi) is 5.32. The normalized spacial score (nSPS) is 13.0. The molecule has 0 bridgehead atoms. The third-order valence-corrected chi connectivity index (χ3v) is 4.21. The van der Waals surface area contributed by atoms with E-state index in [1.54, 1.807) is 36.4 Å². The molecule has 2 aromatic carbocycles. The van der Waals surface area contributed by atoms with Crippen molar-refractivity contribution in [3.05, 3.63) is 53.1 Å². The van der Waals surface area contributed by atoms with Gasteiger partial charge in [0.2, 0.25) is 0 Å². The number of halogens is 1. The van der Waals surface area contributed by atoms with Crippen molar-refractivity contribution in [3.63, 3.8) is 0 Å². The van der Waals surface area contributed by atoms with E-state index in [0.29, 0.717) is 22.0 Å². The van der Waals surface area contributed by atoms with Crippen LogP contribution in [0.4, 0.5) is 21.9 Å². The lowest BCUT2D eigenvalue weighted by Crippen LogP contribution is -2.28.